The van der Waals surface area contributed by atoms with Crippen LogP contribution in [-0.2, 0) is 6.54 Å². The van der Waals surface area contributed by atoms with Gasteiger partial charge in [0.25, 0.3) is 0 Å². The lowest BCUT2D eigenvalue weighted by Gasteiger charge is -2.12. The Morgan fingerprint density at radius 3 is 2.88 bits per heavy atom. The lowest BCUT2D eigenvalue weighted by molar-refractivity contribution is 0.646. The third kappa shape index (κ3) is 3.33. The minimum atomic E-state index is 0.798. The van der Waals surface area contributed by atoms with Gasteiger partial charge in [-0.05, 0) is 50.3 Å². The zero-order valence-electron chi connectivity index (χ0n) is 9.87. The highest BCUT2D eigenvalue weighted by Crippen LogP contribution is 2.14. The first-order valence-electron chi connectivity index (χ1n) is 6.04. The van der Waals surface area contributed by atoms with E-state index in [-0.39, 0.29) is 0 Å². The van der Waals surface area contributed by atoms with Gasteiger partial charge in [-0.3, -0.25) is 4.98 Å². The first-order chi connectivity index (χ1) is 7.84. The molecule has 0 saturated heterocycles. The summed E-state index contributed by atoms with van der Waals surface area (Å²) in [5.74, 6) is 0. The van der Waals surface area contributed by atoms with Gasteiger partial charge in [0.05, 0.1) is 6.54 Å². The summed E-state index contributed by atoms with van der Waals surface area (Å²) in [6, 6.07) is 4.12. The molecule has 1 heterocycles. The van der Waals surface area contributed by atoms with Gasteiger partial charge < -0.3 is 5.43 Å². The molecule has 16 heavy (non-hydrogen) atoms. The average molecular weight is 217 g/mol. The third-order valence-corrected chi connectivity index (χ3v) is 2.91. The summed E-state index contributed by atoms with van der Waals surface area (Å²) < 4.78 is 0. The van der Waals surface area contributed by atoms with E-state index in [0.29, 0.717) is 0 Å². The SMILES string of the molecule is Cc1cc(CNN=C2CCCCC2)ccn1. The quantitative estimate of drug-likeness (QED) is 0.790. The van der Waals surface area contributed by atoms with Crippen LogP contribution in [0, 0.1) is 6.92 Å². The largest absolute Gasteiger partial charge is 0.306 e. The van der Waals surface area contributed by atoms with E-state index in [9.17, 15) is 0 Å². The minimum absolute atomic E-state index is 0.798. The number of hydrazone groups is 1. The number of hydrogen-bond donors (Lipinski definition) is 1. The van der Waals surface area contributed by atoms with Gasteiger partial charge >= 0.3 is 0 Å². The molecule has 0 spiro atoms. The van der Waals surface area contributed by atoms with Gasteiger partial charge in [-0.25, -0.2) is 0 Å². The molecule has 1 saturated carbocycles. The van der Waals surface area contributed by atoms with Crippen LogP contribution in [0.1, 0.15) is 43.4 Å². The summed E-state index contributed by atoms with van der Waals surface area (Å²) in [5.41, 5.74) is 6.79. The Bertz CT molecular complexity index is 363. The summed E-state index contributed by atoms with van der Waals surface area (Å²) in [5, 5.41) is 4.45. The molecule has 3 heteroatoms. The second-order valence-corrected chi connectivity index (χ2v) is 4.38. The third-order valence-electron chi connectivity index (χ3n) is 2.91. The molecule has 0 unspecified atom stereocenters. The van der Waals surface area contributed by atoms with Crippen molar-refractivity contribution in [1.29, 1.82) is 0 Å². The summed E-state index contributed by atoms with van der Waals surface area (Å²) in [7, 11) is 0. The van der Waals surface area contributed by atoms with E-state index in [2.05, 4.69) is 21.6 Å². The van der Waals surface area contributed by atoms with Crippen molar-refractivity contribution in [2.45, 2.75) is 45.6 Å². The molecule has 1 aliphatic carbocycles. The molecule has 0 aromatic carbocycles. The number of nitrogens with one attached hydrogen (secondary N) is 1. The molecule has 0 atom stereocenters. The second kappa shape index (κ2) is 5.64. The average Bonchev–Trinajstić information content (AvgIpc) is 2.30. The van der Waals surface area contributed by atoms with Crippen LogP contribution >= 0.6 is 0 Å². The van der Waals surface area contributed by atoms with Gasteiger partial charge in [-0.15, -0.1) is 0 Å². The molecule has 1 N–H and O–H groups in total. The van der Waals surface area contributed by atoms with Crippen molar-refractivity contribution in [3.8, 4) is 0 Å². The fourth-order valence-electron chi connectivity index (χ4n) is 2.03. The maximum atomic E-state index is 4.45. The fourth-order valence-corrected chi connectivity index (χ4v) is 2.03. The van der Waals surface area contributed by atoms with E-state index in [0.717, 1.165) is 12.2 Å². The number of hydrogen-bond acceptors (Lipinski definition) is 3. The molecule has 1 fully saturated rings. The van der Waals surface area contributed by atoms with Gasteiger partial charge in [0, 0.05) is 17.6 Å². The van der Waals surface area contributed by atoms with Crippen molar-refractivity contribution >= 4 is 5.71 Å². The number of pyridine rings is 1. The molecule has 2 rings (SSSR count). The van der Waals surface area contributed by atoms with Crippen LogP contribution in [0.2, 0.25) is 0 Å². The molecule has 0 bridgehead atoms. The fraction of sp³-hybridized carbons (Fsp3) is 0.538. The first-order valence-corrected chi connectivity index (χ1v) is 6.04. The standard InChI is InChI=1S/C13H19N3/c1-11-9-12(7-8-14-11)10-15-16-13-5-3-2-4-6-13/h7-9,15H,2-6,10H2,1H3. The first kappa shape index (κ1) is 11.1. The van der Waals surface area contributed by atoms with Crippen molar-refractivity contribution < 1.29 is 0 Å². The van der Waals surface area contributed by atoms with Gasteiger partial charge in [0.1, 0.15) is 0 Å². The number of nitrogens with zero attached hydrogens (tertiary/aromatic N) is 2. The Morgan fingerprint density at radius 2 is 2.12 bits per heavy atom. The van der Waals surface area contributed by atoms with Crippen molar-refractivity contribution in [2.75, 3.05) is 0 Å². The maximum Gasteiger partial charge on any atom is 0.0581 e. The lowest BCUT2D eigenvalue weighted by atomic mass is 9.99. The normalized spacial score (nSPS) is 15.9. The molecule has 3 nitrogen and oxygen atoms in total. The second-order valence-electron chi connectivity index (χ2n) is 4.38. The Labute approximate surface area is 97.0 Å². The molecule has 1 aliphatic rings. The van der Waals surface area contributed by atoms with Crippen LogP contribution in [0.25, 0.3) is 0 Å². The van der Waals surface area contributed by atoms with Crippen LogP contribution in [-0.4, -0.2) is 10.7 Å². The van der Waals surface area contributed by atoms with Crippen LogP contribution in [0.3, 0.4) is 0 Å². The molecule has 86 valence electrons. The van der Waals surface area contributed by atoms with Gasteiger partial charge in [0.2, 0.25) is 0 Å². The summed E-state index contributed by atoms with van der Waals surface area (Å²) in [4.78, 5) is 4.17. The number of aromatic nitrogens is 1. The van der Waals surface area contributed by atoms with E-state index < -0.39 is 0 Å². The topological polar surface area (TPSA) is 37.3 Å². The van der Waals surface area contributed by atoms with Crippen molar-refractivity contribution in [1.82, 2.24) is 10.4 Å². The van der Waals surface area contributed by atoms with Crippen LogP contribution in [0.4, 0.5) is 0 Å². The zero-order chi connectivity index (χ0) is 11.2. The predicted octanol–water partition coefficient (Wildman–Crippen LogP) is 2.80. The van der Waals surface area contributed by atoms with E-state index in [4.69, 9.17) is 0 Å². The summed E-state index contributed by atoms with van der Waals surface area (Å²) in [6.07, 6.45) is 8.15. The molecule has 0 radical (unpaired) electrons. The lowest BCUT2D eigenvalue weighted by Crippen LogP contribution is -2.13. The number of rotatable bonds is 3. The van der Waals surface area contributed by atoms with Crippen LogP contribution < -0.4 is 5.43 Å². The monoisotopic (exact) mass is 217 g/mol. The highest BCUT2D eigenvalue weighted by molar-refractivity contribution is 5.84. The Hall–Kier alpha value is -1.38. The Balaban J connectivity index is 1.83. The van der Waals surface area contributed by atoms with E-state index in [1.54, 1.807) is 0 Å². The van der Waals surface area contributed by atoms with Crippen molar-refractivity contribution in [2.24, 2.45) is 5.10 Å². The zero-order valence-corrected chi connectivity index (χ0v) is 9.87. The van der Waals surface area contributed by atoms with Crippen LogP contribution in [0.15, 0.2) is 23.4 Å². The molecular weight excluding hydrogens is 198 g/mol. The summed E-state index contributed by atoms with van der Waals surface area (Å²) >= 11 is 0. The Morgan fingerprint density at radius 1 is 1.31 bits per heavy atom. The maximum absolute atomic E-state index is 4.45. The van der Waals surface area contributed by atoms with Gasteiger partial charge in [-0.2, -0.15) is 5.10 Å². The molecule has 1 aromatic rings. The van der Waals surface area contributed by atoms with E-state index in [1.807, 2.05) is 19.2 Å². The van der Waals surface area contributed by atoms with Crippen molar-refractivity contribution in [3.05, 3.63) is 29.6 Å². The highest BCUT2D eigenvalue weighted by atomic mass is 15.3. The summed E-state index contributed by atoms with van der Waals surface area (Å²) in [6.45, 7) is 2.81. The molecular formula is C13H19N3. The van der Waals surface area contributed by atoms with Crippen LogP contribution in [0.5, 0.6) is 0 Å². The Kier molecular flexibility index (Phi) is 3.91. The highest BCUT2D eigenvalue weighted by Gasteiger charge is 2.05. The van der Waals surface area contributed by atoms with Gasteiger partial charge in [-0.1, -0.05) is 6.42 Å². The van der Waals surface area contributed by atoms with Crippen molar-refractivity contribution in [3.63, 3.8) is 0 Å². The molecule has 0 amide bonds. The minimum Gasteiger partial charge on any atom is -0.306 e. The van der Waals surface area contributed by atoms with E-state index in [1.165, 1.54) is 43.4 Å². The smallest absolute Gasteiger partial charge is 0.0581 e. The molecule has 0 aliphatic heterocycles. The number of aryl methyl sites for hydroxylation is 1. The van der Waals surface area contributed by atoms with E-state index >= 15 is 0 Å². The molecule has 1 aromatic heterocycles. The van der Waals surface area contributed by atoms with Gasteiger partial charge in [0.15, 0.2) is 0 Å². The predicted molar refractivity (Wildman–Crippen MR) is 66.3 cm³/mol.